The van der Waals surface area contributed by atoms with E-state index in [9.17, 15) is 13.9 Å². The first kappa shape index (κ1) is 16.2. The van der Waals surface area contributed by atoms with Crippen molar-refractivity contribution in [1.29, 1.82) is 0 Å². The molecule has 3 atom stereocenters. The Kier molecular flexibility index (Phi) is 5.94. The highest BCUT2D eigenvalue weighted by Gasteiger charge is 2.19. The second-order valence-electron chi connectivity index (χ2n) is 5.84. The summed E-state index contributed by atoms with van der Waals surface area (Å²) in [5, 5.41) is 13.5. The third kappa shape index (κ3) is 5.25. The van der Waals surface area contributed by atoms with Crippen molar-refractivity contribution in [2.75, 3.05) is 6.54 Å². The molecule has 1 saturated carbocycles. The minimum Gasteiger partial charge on any atom is -0.435 e. The molecule has 1 aliphatic rings. The molecular weight excluding hydrogens is 276 g/mol. The number of alkyl halides is 2. The Balaban J connectivity index is 1.81. The summed E-state index contributed by atoms with van der Waals surface area (Å²) in [5.41, 5.74) is 0.702. The Labute approximate surface area is 124 Å². The van der Waals surface area contributed by atoms with Crippen molar-refractivity contribution in [3.8, 4) is 5.75 Å². The number of halogens is 2. The Morgan fingerprint density at radius 3 is 2.62 bits per heavy atom. The lowest BCUT2D eigenvalue weighted by atomic mass is 9.87. The monoisotopic (exact) mass is 299 g/mol. The van der Waals surface area contributed by atoms with E-state index in [4.69, 9.17) is 0 Å². The zero-order valence-electron chi connectivity index (χ0n) is 12.3. The van der Waals surface area contributed by atoms with E-state index in [1.165, 1.54) is 25.0 Å². The summed E-state index contributed by atoms with van der Waals surface area (Å²) >= 11 is 0. The van der Waals surface area contributed by atoms with Crippen LogP contribution in [0.2, 0.25) is 0 Å². The topological polar surface area (TPSA) is 41.5 Å². The van der Waals surface area contributed by atoms with Gasteiger partial charge in [0.2, 0.25) is 0 Å². The fourth-order valence-corrected chi connectivity index (χ4v) is 2.89. The summed E-state index contributed by atoms with van der Waals surface area (Å²) in [6.45, 7) is -0.0888. The summed E-state index contributed by atoms with van der Waals surface area (Å²) in [5.74, 6) is 0.842. The maximum Gasteiger partial charge on any atom is 0.387 e. The predicted molar refractivity (Wildman–Crippen MR) is 77.5 cm³/mol. The van der Waals surface area contributed by atoms with Crippen molar-refractivity contribution < 1.29 is 18.6 Å². The number of hydrogen-bond acceptors (Lipinski definition) is 3. The van der Waals surface area contributed by atoms with E-state index >= 15 is 0 Å². The Morgan fingerprint density at radius 2 is 2.00 bits per heavy atom. The zero-order valence-corrected chi connectivity index (χ0v) is 12.3. The molecule has 0 saturated heterocycles. The first-order valence-electron chi connectivity index (χ1n) is 7.51. The van der Waals surface area contributed by atoms with Crippen molar-refractivity contribution >= 4 is 0 Å². The van der Waals surface area contributed by atoms with Gasteiger partial charge >= 0.3 is 6.61 Å². The number of aliphatic hydroxyl groups is 1. The van der Waals surface area contributed by atoms with Crippen molar-refractivity contribution in [3.05, 3.63) is 29.8 Å². The molecule has 5 heteroatoms. The SMILES string of the molecule is CC1CCCC(NCC(O)c2ccc(OC(F)F)cc2)C1. The van der Waals surface area contributed by atoms with E-state index in [1.807, 2.05) is 0 Å². The third-order valence-electron chi connectivity index (χ3n) is 4.03. The highest BCUT2D eigenvalue weighted by Crippen LogP contribution is 2.24. The van der Waals surface area contributed by atoms with Gasteiger partial charge in [0.1, 0.15) is 5.75 Å². The number of benzene rings is 1. The molecule has 2 N–H and O–H groups in total. The first-order valence-corrected chi connectivity index (χ1v) is 7.51. The summed E-state index contributed by atoms with van der Waals surface area (Å²) in [6.07, 6.45) is 4.18. The van der Waals surface area contributed by atoms with Gasteiger partial charge in [0.05, 0.1) is 6.10 Å². The van der Waals surface area contributed by atoms with Crippen LogP contribution >= 0.6 is 0 Å². The van der Waals surface area contributed by atoms with E-state index < -0.39 is 12.7 Å². The normalized spacial score (nSPS) is 24.0. The molecule has 0 bridgehead atoms. The molecule has 3 nitrogen and oxygen atoms in total. The van der Waals surface area contributed by atoms with E-state index in [-0.39, 0.29) is 5.75 Å². The molecule has 3 unspecified atom stereocenters. The molecular formula is C16H23F2NO2. The van der Waals surface area contributed by atoms with Crippen molar-refractivity contribution in [2.45, 2.75) is 51.4 Å². The van der Waals surface area contributed by atoms with Gasteiger partial charge in [0, 0.05) is 12.6 Å². The Hall–Kier alpha value is -1.20. The van der Waals surface area contributed by atoms with Gasteiger partial charge in [0.25, 0.3) is 0 Å². The fourth-order valence-electron chi connectivity index (χ4n) is 2.89. The van der Waals surface area contributed by atoms with Gasteiger partial charge in [-0.15, -0.1) is 0 Å². The van der Waals surface area contributed by atoms with Gasteiger partial charge in [-0.1, -0.05) is 31.9 Å². The quantitative estimate of drug-likeness (QED) is 0.845. The van der Waals surface area contributed by atoms with Gasteiger partial charge in [0.15, 0.2) is 0 Å². The average Bonchev–Trinajstić information content (AvgIpc) is 2.45. The smallest absolute Gasteiger partial charge is 0.387 e. The zero-order chi connectivity index (χ0) is 15.2. The molecule has 0 amide bonds. The van der Waals surface area contributed by atoms with Crippen molar-refractivity contribution in [2.24, 2.45) is 5.92 Å². The van der Waals surface area contributed by atoms with Gasteiger partial charge in [-0.25, -0.2) is 0 Å². The van der Waals surface area contributed by atoms with Crippen molar-refractivity contribution in [3.63, 3.8) is 0 Å². The van der Waals surface area contributed by atoms with Crippen molar-refractivity contribution in [1.82, 2.24) is 5.32 Å². The van der Waals surface area contributed by atoms with Crippen LogP contribution in [-0.4, -0.2) is 24.3 Å². The van der Waals surface area contributed by atoms with Crippen LogP contribution in [0, 0.1) is 5.92 Å². The third-order valence-corrected chi connectivity index (χ3v) is 4.03. The molecule has 0 aromatic heterocycles. The molecule has 21 heavy (non-hydrogen) atoms. The van der Waals surface area contributed by atoms with Crippen LogP contribution in [0.1, 0.15) is 44.3 Å². The Bertz CT molecular complexity index is 425. The van der Waals surface area contributed by atoms with E-state index in [1.54, 1.807) is 12.1 Å². The minimum absolute atomic E-state index is 0.106. The van der Waals surface area contributed by atoms with Crippen LogP contribution in [0.25, 0.3) is 0 Å². The second-order valence-corrected chi connectivity index (χ2v) is 5.84. The number of aliphatic hydroxyl groups excluding tert-OH is 1. The number of nitrogens with one attached hydrogen (secondary N) is 1. The molecule has 1 aromatic carbocycles. The highest BCUT2D eigenvalue weighted by molar-refractivity contribution is 5.28. The summed E-state index contributed by atoms with van der Waals surface area (Å²) < 4.78 is 28.4. The maximum absolute atomic E-state index is 12.1. The van der Waals surface area contributed by atoms with Gasteiger partial charge < -0.3 is 15.2 Å². The number of ether oxygens (including phenoxy) is 1. The lowest BCUT2D eigenvalue weighted by Gasteiger charge is -2.28. The van der Waals surface area contributed by atoms with Crippen LogP contribution in [0.4, 0.5) is 8.78 Å². The lowest BCUT2D eigenvalue weighted by Crippen LogP contribution is -2.36. The van der Waals surface area contributed by atoms with Crippen LogP contribution < -0.4 is 10.1 Å². The van der Waals surface area contributed by atoms with Crippen LogP contribution in [0.5, 0.6) is 5.75 Å². The number of hydrogen-bond donors (Lipinski definition) is 2. The summed E-state index contributed by atoms with van der Waals surface area (Å²) in [6, 6.07) is 6.60. The van der Waals surface area contributed by atoms with Crippen LogP contribution in [0.3, 0.4) is 0 Å². The molecule has 1 aliphatic carbocycles. The molecule has 0 heterocycles. The molecule has 1 aromatic rings. The van der Waals surface area contributed by atoms with Gasteiger partial charge in [-0.05, 0) is 36.5 Å². The van der Waals surface area contributed by atoms with Crippen LogP contribution in [-0.2, 0) is 0 Å². The largest absolute Gasteiger partial charge is 0.435 e. The second kappa shape index (κ2) is 7.71. The lowest BCUT2D eigenvalue weighted by molar-refractivity contribution is -0.0498. The molecule has 1 fully saturated rings. The maximum atomic E-state index is 12.1. The minimum atomic E-state index is -2.82. The number of rotatable bonds is 6. The first-order chi connectivity index (χ1) is 10.0. The van der Waals surface area contributed by atoms with Gasteiger partial charge in [-0.2, -0.15) is 8.78 Å². The van der Waals surface area contributed by atoms with E-state index in [2.05, 4.69) is 17.0 Å². The predicted octanol–water partition coefficient (Wildman–Crippen LogP) is 3.49. The average molecular weight is 299 g/mol. The molecule has 0 radical (unpaired) electrons. The fraction of sp³-hybridized carbons (Fsp3) is 0.625. The van der Waals surface area contributed by atoms with Gasteiger partial charge in [-0.3, -0.25) is 0 Å². The highest BCUT2D eigenvalue weighted by atomic mass is 19.3. The van der Waals surface area contributed by atoms with Crippen LogP contribution in [0.15, 0.2) is 24.3 Å². The standard InChI is InChI=1S/C16H23F2NO2/c1-11-3-2-4-13(9-11)19-10-15(20)12-5-7-14(8-6-12)21-16(17)18/h5-8,11,13,15-16,19-20H,2-4,9-10H2,1H3. The summed E-state index contributed by atoms with van der Waals surface area (Å²) in [4.78, 5) is 0. The Morgan fingerprint density at radius 1 is 1.29 bits per heavy atom. The molecule has 118 valence electrons. The molecule has 0 aliphatic heterocycles. The van der Waals surface area contributed by atoms with E-state index in [0.717, 1.165) is 18.8 Å². The van der Waals surface area contributed by atoms with E-state index in [0.29, 0.717) is 18.2 Å². The molecule has 0 spiro atoms. The molecule has 2 rings (SSSR count). The summed E-state index contributed by atoms with van der Waals surface area (Å²) in [7, 11) is 0.